The molecule has 56 valence electrons. The van der Waals surface area contributed by atoms with Gasteiger partial charge in [-0.25, -0.2) is 0 Å². The predicted molar refractivity (Wildman–Crippen MR) is 41.6 cm³/mol. The van der Waals surface area contributed by atoms with E-state index in [0.717, 1.165) is 0 Å². The molecule has 0 amide bonds. The Morgan fingerprint density at radius 1 is 1.60 bits per heavy atom. The van der Waals surface area contributed by atoms with E-state index in [-0.39, 0.29) is 6.61 Å². The van der Waals surface area contributed by atoms with Crippen LogP contribution in [0.25, 0.3) is 0 Å². The summed E-state index contributed by atoms with van der Waals surface area (Å²) >= 11 is 0. The lowest BCUT2D eigenvalue weighted by Crippen LogP contribution is -2.12. The van der Waals surface area contributed by atoms with Crippen molar-refractivity contribution in [2.24, 2.45) is 0 Å². The Hall–Kier alpha value is -0.860. The monoisotopic (exact) mass is 140 g/mol. The first-order valence-corrected chi connectivity index (χ1v) is 2.99. The fourth-order valence-electron chi connectivity index (χ4n) is 0.420. The Bertz CT molecular complexity index is 147. The summed E-state index contributed by atoms with van der Waals surface area (Å²) in [5.41, 5.74) is 0.488. The van der Waals surface area contributed by atoms with Gasteiger partial charge in [-0.15, -0.1) is 0 Å². The molecule has 0 saturated heterocycles. The lowest BCUT2D eigenvalue weighted by Gasteiger charge is -2.04. The molecular weight excluding hydrogens is 128 g/mol. The van der Waals surface area contributed by atoms with E-state index in [9.17, 15) is 0 Å². The van der Waals surface area contributed by atoms with Gasteiger partial charge in [-0.2, -0.15) is 0 Å². The lowest BCUT2D eigenvalue weighted by molar-refractivity contribution is 0.125. The average molecular weight is 140 g/mol. The van der Waals surface area contributed by atoms with Crippen LogP contribution < -0.4 is 0 Å². The van der Waals surface area contributed by atoms with E-state index in [1.807, 2.05) is 0 Å². The van der Waals surface area contributed by atoms with Crippen LogP contribution in [0.15, 0.2) is 37.0 Å². The highest BCUT2D eigenvalue weighted by atomic mass is 16.3. The summed E-state index contributed by atoms with van der Waals surface area (Å²) in [5.74, 6) is 0. The number of aliphatic hydroxyl groups is 2. The van der Waals surface area contributed by atoms with Gasteiger partial charge in [0.25, 0.3) is 0 Å². The van der Waals surface area contributed by atoms with Crippen LogP contribution in [0.1, 0.15) is 0 Å². The highest BCUT2D eigenvalue weighted by molar-refractivity contribution is 5.21. The molecule has 0 aromatic rings. The van der Waals surface area contributed by atoms with Gasteiger partial charge in [0.05, 0.1) is 6.61 Å². The molecule has 0 saturated carbocycles. The van der Waals surface area contributed by atoms with E-state index in [4.69, 9.17) is 10.2 Å². The van der Waals surface area contributed by atoms with Crippen LogP contribution in [0.3, 0.4) is 0 Å². The molecule has 2 nitrogen and oxygen atoms in total. The summed E-state index contributed by atoms with van der Waals surface area (Å²) in [5, 5.41) is 17.4. The highest BCUT2D eigenvalue weighted by Crippen LogP contribution is 1.99. The SMILES string of the molecule is C=C/C=C\C(=C)C(O)CO. The first kappa shape index (κ1) is 9.14. The van der Waals surface area contributed by atoms with E-state index in [2.05, 4.69) is 13.2 Å². The molecule has 1 atom stereocenters. The van der Waals surface area contributed by atoms with Gasteiger partial charge in [0.2, 0.25) is 0 Å². The molecule has 0 bridgehead atoms. The van der Waals surface area contributed by atoms with Crippen molar-refractivity contribution in [2.75, 3.05) is 6.61 Å². The maximum Gasteiger partial charge on any atom is 0.101 e. The third-order valence-corrected chi connectivity index (χ3v) is 1.05. The van der Waals surface area contributed by atoms with E-state index in [0.29, 0.717) is 5.57 Å². The molecule has 0 spiro atoms. The second kappa shape index (κ2) is 4.97. The predicted octanol–water partition coefficient (Wildman–Crippen LogP) is 0.638. The minimum atomic E-state index is -0.851. The van der Waals surface area contributed by atoms with E-state index in [1.165, 1.54) is 0 Å². The highest BCUT2D eigenvalue weighted by Gasteiger charge is 2.01. The molecule has 0 radical (unpaired) electrons. The van der Waals surface area contributed by atoms with Crippen molar-refractivity contribution in [3.05, 3.63) is 37.0 Å². The molecule has 0 aromatic heterocycles. The zero-order chi connectivity index (χ0) is 7.98. The third-order valence-electron chi connectivity index (χ3n) is 1.05. The van der Waals surface area contributed by atoms with Crippen molar-refractivity contribution < 1.29 is 10.2 Å². The molecule has 2 heteroatoms. The summed E-state index contributed by atoms with van der Waals surface area (Å²) in [6.45, 7) is 6.67. The third kappa shape index (κ3) is 3.22. The first-order chi connectivity index (χ1) is 4.72. The van der Waals surface area contributed by atoms with Crippen molar-refractivity contribution >= 4 is 0 Å². The zero-order valence-corrected chi connectivity index (χ0v) is 5.83. The molecule has 0 fully saturated rings. The van der Waals surface area contributed by atoms with Crippen molar-refractivity contribution in [3.8, 4) is 0 Å². The van der Waals surface area contributed by atoms with Crippen molar-refractivity contribution in [1.29, 1.82) is 0 Å². The summed E-state index contributed by atoms with van der Waals surface area (Å²) in [6, 6.07) is 0. The number of aliphatic hydroxyl groups excluding tert-OH is 2. The molecule has 10 heavy (non-hydrogen) atoms. The molecule has 0 aliphatic carbocycles. The molecule has 0 heterocycles. The molecule has 1 unspecified atom stereocenters. The van der Waals surface area contributed by atoms with Gasteiger partial charge in [-0.1, -0.05) is 31.4 Å². The van der Waals surface area contributed by atoms with Gasteiger partial charge in [0.1, 0.15) is 6.10 Å². The second-order valence-corrected chi connectivity index (χ2v) is 1.87. The minimum absolute atomic E-state index is 0.291. The Labute approximate surface area is 60.8 Å². The fraction of sp³-hybridized carbons (Fsp3) is 0.250. The maximum atomic E-state index is 8.92. The number of allylic oxidation sites excluding steroid dienone is 2. The Kier molecular flexibility index (Phi) is 4.54. The van der Waals surface area contributed by atoms with Crippen LogP contribution in [0.4, 0.5) is 0 Å². The summed E-state index contributed by atoms with van der Waals surface area (Å²) in [6.07, 6.45) is 3.99. The van der Waals surface area contributed by atoms with Gasteiger partial charge in [-0.3, -0.25) is 0 Å². The van der Waals surface area contributed by atoms with Crippen LogP contribution in [-0.2, 0) is 0 Å². The lowest BCUT2D eigenvalue weighted by atomic mass is 10.1. The van der Waals surface area contributed by atoms with Crippen LogP contribution in [0, 0.1) is 0 Å². The van der Waals surface area contributed by atoms with Gasteiger partial charge in [-0.05, 0) is 5.57 Å². The normalized spacial score (nSPS) is 13.4. The molecule has 0 aliphatic rings. The Morgan fingerprint density at radius 3 is 2.60 bits per heavy atom. The van der Waals surface area contributed by atoms with Crippen molar-refractivity contribution in [1.82, 2.24) is 0 Å². The number of rotatable bonds is 4. The molecule has 0 aliphatic heterocycles. The molecule has 0 rings (SSSR count). The molecule has 0 aromatic carbocycles. The second-order valence-electron chi connectivity index (χ2n) is 1.87. The van der Waals surface area contributed by atoms with Crippen molar-refractivity contribution in [3.63, 3.8) is 0 Å². The number of hydrogen-bond acceptors (Lipinski definition) is 2. The molecule has 2 N–H and O–H groups in total. The van der Waals surface area contributed by atoms with E-state index < -0.39 is 6.10 Å². The van der Waals surface area contributed by atoms with Crippen LogP contribution in [0.5, 0.6) is 0 Å². The standard InChI is InChI=1S/C8H12O2/c1-3-4-5-7(2)8(10)6-9/h3-5,8-10H,1-2,6H2/b5-4-. The van der Waals surface area contributed by atoms with E-state index >= 15 is 0 Å². The largest absolute Gasteiger partial charge is 0.393 e. The van der Waals surface area contributed by atoms with Crippen LogP contribution >= 0.6 is 0 Å². The zero-order valence-electron chi connectivity index (χ0n) is 5.83. The summed E-state index contributed by atoms with van der Waals surface area (Å²) in [4.78, 5) is 0. The minimum Gasteiger partial charge on any atom is -0.393 e. The smallest absolute Gasteiger partial charge is 0.101 e. The van der Waals surface area contributed by atoms with Gasteiger partial charge in [0, 0.05) is 0 Å². The fourth-order valence-corrected chi connectivity index (χ4v) is 0.420. The van der Waals surface area contributed by atoms with E-state index in [1.54, 1.807) is 18.2 Å². The van der Waals surface area contributed by atoms with Crippen LogP contribution in [0.2, 0.25) is 0 Å². The summed E-state index contributed by atoms with van der Waals surface area (Å²) in [7, 11) is 0. The first-order valence-electron chi connectivity index (χ1n) is 2.99. The number of hydrogen-bond donors (Lipinski definition) is 2. The maximum absolute atomic E-state index is 8.92. The van der Waals surface area contributed by atoms with Gasteiger partial charge in [0.15, 0.2) is 0 Å². The van der Waals surface area contributed by atoms with Gasteiger partial charge >= 0.3 is 0 Å². The summed E-state index contributed by atoms with van der Waals surface area (Å²) < 4.78 is 0. The topological polar surface area (TPSA) is 40.5 Å². The van der Waals surface area contributed by atoms with Gasteiger partial charge < -0.3 is 10.2 Å². The van der Waals surface area contributed by atoms with Crippen molar-refractivity contribution in [2.45, 2.75) is 6.10 Å². The Morgan fingerprint density at radius 2 is 2.20 bits per heavy atom. The Balaban J connectivity index is 3.83. The molecular formula is C8H12O2. The van der Waals surface area contributed by atoms with Crippen LogP contribution in [-0.4, -0.2) is 22.9 Å². The average Bonchev–Trinajstić information content (AvgIpc) is 1.98. The quantitative estimate of drug-likeness (QED) is 0.562.